The van der Waals surface area contributed by atoms with Gasteiger partial charge in [0.25, 0.3) is 0 Å². The number of nitrogen functional groups attached to an aromatic ring is 1. The summed E-state index contributed by atoms with van der Waals surface area (Å²) in [6, 6.07) is 3.83. The molecule has 0 bridgehead atoms. The third-order valence-corrected chi connectivity index (χ3v) is 3.08. The lowest BCUT2D eigenvalue weighted by atomic mass is 9.98. The molecule has 0 aromatic carbocycles. The molecule has 5 heteroatoms. The standard InChI is InChI=1S/C14H22N4O/c1-13(2)8-18(9-14(3,4)19-13)10-6-5-7-17-11(10)12(15)16/h5-7H,8-9H2,1-4H3,(H3,15,16). The molecule has 1 aromatic rings. The summed E-state index contributed by atoms with van der Waals surface area (Å²) in [6.07, 6.45) is 1.66. The van der Waals surface area contributed by atoms with Gasteiger partial charge in [0, 0.05) is 19.3 Å². The van der Waals surface area contributed by atoms with E-state index in [4.69, 9.17) is 15.9 Å². The molecule has 1 aliphatic rings. The minimum atomic E-state index is -0.244. The normalized spacial score (nSPS) is 21.2. The van der Waals surface area contributed by atoms with Crippen LogP contribution in [-0.4, -0.2) is 35.1 Å². The predicted molar refractivity (Wildman–Crippen MR) is 76.7 cm³/mol. The van der Waals surface area contributed by atoms with Gasteiger partial charge in [0.05, 0.1) is 16.9 Å². The minimum Gasteiger partial charge on any atom is -0.382 e. The summed E-state index contributed by atoms with van der Waals surface area (Å²) in [4.78, 5) is 6.42. The first-order valence-corrected chi connectivity index (χ1v) is 6.45. The Bertz CT molecular complexity index is 480. The number of pyridine rings is 1. The van der Waals surface area contributed by atoms with Crippen molar-refractivity contribution in [1.29, 1.82) is 5.41 Å². The van der Waals surface area contributed by atoms with E-state index in [0.29, 0.717) is 5.69 Å². The number of rotatable bonds is 2. The van der Waals surface area contributed by atoms with Crippen molar-refractivity contribution in [3.8, 4) is 0 Å². The molecule has 2 heterocycles. The van der Waals surface area contributed by atoms with Gasteiger partial charge in [-0.25, -0.2) is 0 Å². The molecule has 0 radical (unpaired) electrons. The van der Waals surface area contributed by atoms with E-state index >= 15 is 0 Å². The molecular weight excluding hydrogens is 240 g/mol. The molecule has 104 valence electrons. The lowest BCUT2D eigenvalue weighted by molar-refractivity contribution is -0.133. The molecule has 0 atom stereocenters. The van der Waals surface area contributed by atoms with Gasteiger partial charge in [0.1, 0.15) is 11.5 Å². The number of nitrogens with two attached hydrogens (primary N) is 1. The van der Waals surface area contributed by atoms with Gasteiger partial charge in [0.15, 0.2) is 0 Å². The number of nitrogens with zero attached hydrogens (tertiary/aromatic N) is 2. The second-order valence-corrected chi connectivity index (χ2v) is 6.26. The highest BCUT2D eigenvalue weighted by atomic mass is 16.5. The Hall–Kier alpha value is -1.62. The average Bonchev–Trinajstić information content (AvgIpc) is 2.24. The zero-order valence-electron chi connectivity index (χ0n) is 12.0. The van der Waals surface area contributed by atoms with Crippen LogP contribution in [0.2, 0.25) is 0 Å². The molecular formula is C14H22N4O. The van der Waals surface area contributed by atoms with Gasteiger partial charge in [-0.1, -0.05) is 0 Å². The van der Waals surface area contributed by atoms with Crippen molar-refractivity contribution in [2.45, 2.75) is 38.9 Å². The Morgan fingerprint density at radius 1 is 1.32 bits per heavy atom. The summed E-state index contributed by atoms with van der Waals surface area (Å²) in [7, 11) is 0. The smallest absolute Gasteiger partial charge is 0.143 e. The van der Waals surface area contributed by atoms with E-state index in [0.717, 1.165) is 18.8 Å². The maximum Gasteiger partial charge on any atom is 0.143 e. The summed E-state index contributed by atoms with van der Waals surface area (Å²) in [5, 5.41) is 7.65. The molecule has 1 aliphatic heterocycles. The van der Waals surface area contributed by atoms with Crippen molar-refractivity contribution >= 4 is 11.5 Å². The Balaban J connectivity index is 2.39. The summed E-state index contributed by atoms with van der Waals surface area (Å²) in [5.74, 6) is -0.00213. The van der Waals surface area contributed by atoms with Gasteiger partial charge < -0.3 is 15.4 Å². The van der Waals surface area contributed by atoms with Crippen molar-refractivity contribution in [1.82, 2.24) is 4.98 Å². The number of nitrogens with one attached hydrogen (secondary N) is 1. The van der Waals surface area contributed by atoms with E-state index in [2.05, 4.69) is 37.6 Å². The van der Waals surface area contributed by atoms with E-state index in [1.54, 1.807) is 6.20 Å². The van der Waals surface area contributed by atoms with Gasteiger partial charge >= 0.3 is 0 Å². The van der Waals surface area contributed by atoms with Gasteiger partial charge in [-0.05, 0) is 39.8 Å². The van der Waals surface area contributed by atoms with Crippen LogP contribution in [0.5, 0.6) is 0 Å². The van der Waals surface area contributed by atoms with Gasteiger partial charge in [-0.3, -0.25) is 10.4 Å². The minimum absolute atomic E-state index is 0.00213. The van der Waals surface area contributed by atoms with E-state index in [9.17, 15) is 0 Å². The second kappa shape index (κ2) is 4.49. The van der Waals surface area contributed by atoms with Crippen LogP contribution in [0.15, 0.2) is 18.3 Å². The topological polar surface area (TPSA) is 75.2 Å². The van der Waals surface area contributed by atoms with Crippen molar-refractivity contribution in [2.75, 3.05) is 18.0 Å². The molecule has 0 aliphatic carbocycles. The molecule has 5 nitrogen and oxygen atoms in total. The largest absolute Gasteiger partial charge is 0.382 e. The van der Waals surface area contributed by atoms with Crippen molar-refractivity contribution in [3.05, 3.63) is 24.0 Å². The van der Waals surface area contributed by atoms with Crippen LogP contribution < -0.4 is 10.6 Å². The Labute approximate surface area is 114 Å². The van der Waals surface area contributed by atoms with Crippen LogP contribution in [-0.2, 0) is 4.74 Å². The third-order valence-electron chi connectivity index (χ3n) is 3.08. The Morgan fingerprint density at radius 2 is 1.89 bits per heavy atom. The quantitative estimate of drug-likeness (QED) is 0.629. The summed E-state index contributed by atoms with van der Waals surface area (Å²) in [6.45, 7) is 9.80. The molecule has 1 fully saturated rings. The fourth-order valence-corrected chi connectivity index (χ4v) is 2.82. The van der Waals surface area contributed by atoms with E-state index in [-0.39, 0.29) is 17.0 Å². The van der Waals surface area contributed by atoms with Gasteiger partial charge in [-0.15, -0.1) is 0 Å². The van der Waals surface area contributed by atoms with Crippen LogP contribution in [0.1, 0.15) is 33.4 Å². The predicted octanol–water partition coefficient (Wildman–Crippen LogP) is 1.76. The Morgan fingerprint density at radius 3 is 2.42 bits per heavy atom. The lowest BCUT2D eigenvalue weighted by Crippen LogP contribution is -2.57. The zero-order valence-corrected chi connectivity index (χ0v) is 12.0. The first kappa shape index (κ1) is 13.8. The Kier molecular flexibility index (Phi) is 3.26. The molecule has 0 spiro atoms. The number of hydrogen-bond donors (Lipinski definition) is 2. The van der Waals surface area contributed by atoms with Gasteiger partial charge in [0.2, 0.25) is 0 Å². The fraction of sp³-hybridized carbons (Fsp3) is 0.571. The number of hydrogen-bond acceptors (Lipinski definition) is 4. The highest BCUT2D eigenvalue weighted by Gasteiger charge is 2.38. The molecule has 0 saturated carbocycles. The molecule has 1 aromatic heterocycles. The number of amidine groups is 1. The first-order valence-electron chi connectivity index (χ1n) is 6.45. The van der Waals surface area contributed by atoms with Crippen molar-refractivity contribution in [2.24, 2.45) is 5.73 Å². The lowest BCUT2D eigenvalue weighted by Gasteiger charge is -2.48. The molecule has 0 unspecified atom stereocenters. The van der Waals surface area contributed by atoms with Gasteiger partial charge in [-0.2, -0.15) is 0 Å². The maximum absolute atomic E-state index is 7.65. The maximum atomic E-state index is 7.65. The van der Waals surface area contributed by atoms with Crippen molar-refractivity contribution < 1.29 is 4.74 Å². The molecule has 2 rings (SSSR count). The third kappa shape index (κ3) is 3.04. The summed E-state index contributed by atoms with van der Waals surface area (Å²) >= 11 is 0. The van der Waals surface area contributed by atoms with Crippen LogP contribution >= 0.6 is 0 Å². The second-order valence-electron chi connectivity index (χ2n) is 6.26. The highest BCUT2D eigenvalue weighted by Crippen LogP contribution is 2.32. The SMILES string of the molecule is CC1(C)CN(c2cccnc2C(=N)N)CC(C)(C)O1. The molecule has 3 N–H and O–H groups in total. The number of aromatic nitrogens is 1. The molecule has 19 heavy (non-hydrogen) atoms. The van der Waals surface area contributed by atoms with E-state index < -0.39 is 0 Å². The average molecular weight is 262 g/mol. The number of anilines is 1. The van der Waals surface area contributed by atoms with Crippen LogP contribution in [0.3, 0.4) is 0 Å². The number of ether oxygens (including phenoxy) is 1. The monoisotopic (exact) mass is 262 g/mol. The fourth-order valence-electron chi connectivity index (χ4n) is 2.82. The van der Waals surface area contributed by atoms with Crippen LogP contribution in [0.25, 0.3) is 0 Å². The van der Waals surface area contributed by atoms with E-state index in [1.807, 2.05) is 12.1 Å². The summed E-state index contributed by atoms with van der Waals surface area (Å²) in [5.41, 5.74) is 6.57. The number of morpholine rings is 1. The highest BCUT2D eigenvalue weighted by molar-refractivity contribution is 5.98. The van der Waals surface area contributed by atoms with Crippen LogP contribution in [0, 0.1) is 5.41 Å². The van der Waals surface area contributed by atoms with Crippen LogP contribution in [0.4, 0.5) is 5.69 Å². The van der Waals surface area contributed by atoms with E-state index in [1.165, 1.54) is 0 Å². The first-order chi connectivity index (χ1) is 8.70. The molecule has 0 amide bonds. The summed E-state index contributed by atoms with van der Waals surface area (Å²) < 4.78 is 6.07. The zero-order chi connectivity index (χ0) is 14.3. The van der Waals surface area contributed by atoms with Crippen molar-refractivity contribution in [3.63, 3.8) is 0 Å². The molecule has 1 saturated heterocycles.